The van der Waals surface area contributed by atoms with Crippen molar-refractivity contribution in [2.75, 3.05) is 11.5 Å². The standard InChI is InChI=1S/C22H20FNO5S2/c1-3-16(21(26)27)29-17-10-5-13(11-18(17)28-4-2)12-19-20(25)24(22(30)31-19)15-8-6-14(23)7-9-15/h5-12,16H,3-4H2,1-2H3,(H,26,27)/b19-12+. The van der Waals surface area contributed by atoms with Gasteiger partial charge in [-0.1, -0.05) is 37.0 Å². The molecule has 1 N–H and O–H groups in total. The summed E-state index contributed by atoms with van der Waals surface area (Å²) in [5, 5.41) is 9.23. The van der Waals surface area contributed by atoms with Crippen LogP contribution in [0.4, 0.5) is 10.1 Å². The number of amides is 1. The van der Waals surface area contributed by atoms with Crippen LogP contribution in [0.15, 0.2) is 47.4 Å². The maximum absolute atomic E-state index is 13.2. The van der Waals surface area contributed by atoms with Crippen LogP contribution in [0.1, 0.15) is 25.8 Å². The lowest BCUT2D eigenvalue weighted by atomic mass is 10.1. The van der Waals surface area contributed by atoms with E-state index < -0.39 is 17.9 Å². The van der Waals surface area contributed by atoms with E-state index in [0.717, 1.165) is 11.8 Å². The Morgan fingerprint density at radius 2 is 1.94 bits per heavy atom. The molecule has 0 radical (unpaired) electrons. The van der Waals surface area contributed by atoms with Crippen LogP contribution in [0, 0.1) is 5.82 Å². The summed E-state index contributed by atoms with van der Waals surface area (Å²) in [7, 11) is 0. The number of hydrogen-bond donors (Lipinski definition) is 1. The molecule has 2 aromatic rings. The molecule has 1 fully saturated rings. The second kappa shape index (κ2) is 9.93. The summed E-state index contributed by atoms with van der Waals surface area (Å²) >= 11 is 6.47. The van der Waals surface area contributed by atoms with Gasteiger partial charge in [-0.15, -0.1) is 0 Å². The monoisotopic (exact) mass is 461 g/mol. The minimum absolute atomic E-state index is 0.300. The van der Waals surface area contributed by atoms with E-state index in [1.807, 2.05) is 0 Å². The first-order chi connectivity index (χ1) is 14.8. The fourth-order valence-corrected chi connectivity index (χ4v) is 4.17. The molecule has 162 valence electrons. The molecule has 1 saturated heterocycles. The van der Waals surface area contributed by atoms with Crippen molar-refractivity contribution in [3.8, 4) is 11.5 Å². The molecule has 3 rings (SSSR count). The predicted molar refractivity (Wildman–Crippen MR) is 122 cm³/mol. The van der Waals surface area contributed by atoms with E-state index >= 15 is 0 Å². The molecule has 1 atom stereocenters. The summed E-state index contributed by atoms with van der Waals surface area (Å²) in [4.78, 5) is 25.9. The molecule has 1 aliphatic rings. The average molecular weight is 462 g/mol. The highest BCUT2D eigenvalue weighted by Crippen LogP contribution is 2.37. The number of rotatable bonds is 8. The van der Waals surface area contributed by atoms with E-state index in [1.54, 1.807) is 38.1 Å². The number of nitrogens with zero attached hydrogens (tertiary/aromatic N) is 1. The number of carbonyl (C=O) groups excluding carboxylic acids is 1. The van der Waals surface area contributed by atoms with Gasteiger partial charge in [-0.3, -0.25) is 9.69 Å². The SMILES string of the molecule is CCOc1cc(/C=C2/SC(=S)N(c3ccc(F)cc3)C2=O)ccc1OC(CC)C(=O)O. The van der Waals surface area contributed by atoms with Crippen LogP contribution in [0.2, 0.25) is 0 Å². The molecule has 0 spiro atoms. The van der Waals surface area contributed by atoms with Crippen LogP contribution < -0.4 is 14.4 Å². The fourth-order valence-electron chi connectivity index (χ4n) is 2.87. The number of thiocarbonyl (C=S) groups is 1. The number of hydrogen-bond acceptors (Lipinski definition) is 6. The highest BCUT2D eigenvalue weighted by atomic mass is 32.2. The molecule has 0 saturated carbocycles. The lowest BCUT2D eigenvalue weighted by Gasteiger charge is -2.17. The number of carboxylic acids is 1. The minimum Gasteiger partial charge on any atom is -0.490 e. The quantitative estimate of drug-likeness (QED) is 0.444. The summed E-state index contributed by atoms with van der Waals surface area (Å²) in [6.07, 6.45) is 0.981. The first-order valence-corrected chi connectivity index (χ1v) is 10.8. The van der Waals surface area contributed by atoms with Gasteiger partial charge < -0.3 is 14.6 Å². The van der Waals surface area contributed by atoms with E-state index in [4.69, 9.17) is 21.7 Å². The number of aliphatic carboxylic acids is 1. The van der Waals surface area contributed by atoms with Gasteiger partial charge in [0, 0.05) is 0 Å². The number of carbonyl (C=O) groups is 2. The summed E-state index contributed by atoms with van der Waals surface area (Å²) in [6.45, 7) is 3.88. The molecule has 1 unspecified atom stereocenters. The lowest BCUT2D eigenvalue weighted by molar-refractivity contribution is -0.145. The van der Waals surface area contributed by atoms with Crippen LogP contribution in [0.3, 0.4) is 0 Å². The molecule has 31 heavy (non-hydrogen) atoms. The minimum atomic E-state index is -1.06. The van der Waals surface area contributed by atoms with Gasteiger partial charge in [-0.2, -0.15) is 0 Å². The summed E-state index contributed by atoms with van der Waals surface area (Å²) in [6, 6.07) is 10.5. The van der Waals surface area contributed by atoms with Crippen molar-refractivity contribution in [1.82, 2.24) is 0 Å². The zero-order valence-corrected chi connectivity index (χ0v) is 18.5. The van der Waals surface area contributed by atoms with Crippen molar-refractivity contribution in [3.63, 3.8) is 0 Å². The Morgan fingerprint density at radius 1 is 1.23 bits per heavy atom. The molecular formula is C22H20FNO5S2. The highest BCUT2D eigenvalue weighted by molar-refractivity contribution is 8.27. The third-order valence-electron chi connectivity index (χ3n) is 4.36. The number of thioether (sulfide) groups is 1. The molecule has 1 amide bonds. The van der Waals surface area contributed by atoms with Crippen LogP contribution in [0.5, 0.6) is 11.5 Å². The van der Waals surface area contributed by atoms with E-state index in [1.165, 1.54) is 29.2 Å². The third kappa shape index (κ3) is 5.23. The fraction of sp³-hybridized carbons (Fsp3) is 0.227. The topological polar surface area (TPSA) is 76.1 Å². The van der Waals surface area contributed by atoms with E-state index in [-0.39, 0.29) is 5.91 Å². The van der Waals surface area contributed by atoms with E-state index in [9.17, 15) is 19.1 Å². The smallest absolute Gasteiger partial charge is 0.344 e. The number of ether oxygens (including phenoxy) is 2. The van der Waals surface area contributed by atoms with Crippen molar-refractivity contribution in [2.24, 2.45) is 0 Å². The molecule has 2 aromatic carbocycles. The summed E-state index contributed by atoms with van der Waals surface area (Å²) in [5.74, 6) is -1.07. The molecule has 6 nitrogen and oxygen atoms in total. The van der Waals surface area contributed by atoms with Gasteiger partial charge in [0.25, 0.3) is 5.91 Å². The zero-order chi connectivity index (χ0) is 22.5. The van der Waals surface area contributed by atoms with Crippen molar-refractivity contribution in [1.29, 1.82) is 0 Å². The van der Waals surface area contributed by atoms with E-state index in [0.29, 0.717) is 45.0 Å². The Hall–Kier alpha value is -2.91. The Balaban J connectivity index is 1.88. The first kappa shape index (κ1) is 22.8. The number of benzene rings is 2. The van der Waals surface area contributed by atoms with Crippen LogP contribution in [-0.2, 0) is 9.59 Å². The number of halogens is 1. The number of anilines is 1. The highest BCUT2D eigenvalue weighted by Gasteiger charge is 2.33. The lowest BCUT2D eigenvalue weighted by Crippen LogP contribution is -2.27. The zero-order valence-electron chi connectivity index (χ0n) is 16.8. The molecule has 1 heterocycles. The third-order valence-corrected chi connectivity index (χ3v) is 5.66. The molecule has 0 aliphatic carbocycles. The Kier molecular flexibility index (Phi) is 7.29. The van der Waals surface area contributed by atoms with Crippen LogP contribution in [-0.4, -0.2) is 34.0 Å². The number of carboxylic acid groups (broad SMARTS) is 1. The van der Waals surface area contributed by atoms with E-state index in [2.05, 4.69) is 0 Å². The second-order valence-corrected chi connectivity index (χ2v) is 8.16. The summed E-state index contributed by atoms with van der Waals surface area (Å²) < 4.78 is 24.7. The molecule has 1 aliphatic heterocycles. The molecule has 9 heteroatoms. The largest absolute Gasteiger partial charge is 0.490 e. The Morgan fingerprint density at radius 3 is 2.55 bits per heavy atom. The second-order valence-electron chi connectivity index (χ2n) is 6.49. The maximum atomic E-state index is 13.2. The van der Waals surface area contributed by atoms with Gasteiger partial charge in [-0.25, -0.2) is 9.18 Å². The normalized spacial score (nSPS) is 16.0. The van der Waals surface area contributed by atoms with Crippen LogP contribution >= 0.6 is 24.0 Å². The Bertz CT molecular complexity index is 1040. The first-order valence-electron chi connectivity index (χ1n) is 9.53. The average Bonchev–Trinajstić information content (AvgIpc) is 3.01. The van der Waals surface area contributed by atoms with Gasteiger partial charge in [0.2, 0.25) is 0 Å². The van der Waals surface area contributed by atoms with Gasteiger partial charge in [0.15, 0.2) is 21.9 Å². The van der Waals surface area contributed by atoms with Crippen molar-refractivity contribution >= 4 is 51.9 Å². The predicted octanol–water partition coefficient (Wildman–Crippen LogP) is 4.87. The van der Waals surface area contributed by atoms with Crippen molar-refractivity contribution < 1.29 is 28.6 Å². The van der Waals surface area contributed by atoms with Crippen molar-refractivity contribution in [2.45, 2.75) is 26.4 Å². The Labute approximate surface area is 188 Å². The maximum Gasteiger partial charge on any atom is 0.344 e. The van der Waals surface area contributed by atoms with Gasteiger partial charge in [0.05, 0.1) is 17.2 Å². The van der Waals surface area contributed by atoms with Crippen LogP contribution in [0.25, 0.3) is 6.08 Å². The molecule has 0 aromatic heterocycles. The van der Waals surface area contributed by atoms with Gasteiger partial charge >= 0.3 is 5.97 Å². The van der Waals surface area contributed by atoms with Gasteiger partial charge in [0.1, 0.15) is 5.82 Å². The van der Waals surface area contributed by atoms with Gasteiger partial charge in [-0.05, 0) is 61.4 Å². The molecule has 0 bridgehead atoms. The molecular weight excluding hydrogens is 441 g/mol. The summed E-state index contributed by atoms with van der Waals surface area (Å²) in [5.41, 5.74) is 1.16. The van der Waals surface area contributed by atoms with Crippen molar-refractivity contribution in [3.05, 3.63) is 58.8 Å².